The van der Waals surface area contributed by atoms with E-state index in [-0.39, 0.29) is 11.1 Å². The van der Waals surface area contributed by atoms with Gasteiger partial charge in [-0.15, -0.1) is 11.3 Å². The Balaban J connectivity index is 1.87. The molecule has 2 N–H and O–H groups in total. The van der Waals surface area contributed by atoms with Crippen LogP contribution in [0.3, 0.4) is 0 Å². The second-order valence-electron chi connectivity index (χ2n) is 6.33. The Bertz CT molecular complexity index is 710. The van der Waals surface area contributed by atoms with Crippen molar-refractivity contribution in [2.24, 2.45) is 5.92 Å². The maximum absolute atomic E-state index is 12.2. The van der Waals surface area contributed by atoms with Gasteiger partial charge in [0.25, 0.3) is 5.56 Å². The lowest BCUT2D eigenvalue weighted by atomic mass is 9.99. The van der Waals surface area contributed by atoms with Crippen LogP contribution < -0.4 is 10.9 Å². The fourth-order valence-electron chi connectivity index (χ4n) is 2.64. The van der Waals surface area contributed by atoms with Crippen LogP contribution in [0.4, 0.5) is 0 Å². The molecule has 0 radical (unpaired) electrons. The van der Waals surface area contributed by atoms with Gasteiger partial charge in [0.2, 0.25) is 0 Å². The molecule has 0 bridgehead atoms. The van der Waals surface area contributed by atoms with E-state index in [1.807, 2.05) is 13.8 Å². The molecule has 1 saturated carbocycles. The smallest absolute Gasteiger partial charge is 0.259 e. The van der Waals surface area contributed by atoms with Gasteiger partial charge in [0.1, 0.15) is 10.7 Å². The van der Waals surface area contributed by atoms with Gasteiger partial charge >= 0.3 is 0 Å². The van der Waals surface area contributed by atoms with Crippen molar-refractivity contribution < 1.29 is 0 Å². The standard InChI is InChI=1S/C15H21N3OS/c1-8-9(2)20-14-12(8)13(19)17-11(18-14)7-16-15(3,4)10-5-6-10/h10,16H,5-7H2,1-4H3,(H,17,18,19). The van der Waals surface area contributed by atoms with Gasteiger partial charge in [-0.05, 0) is 52.0 Å². The highest BCUT2D eigenvalue weighted by molar-refractivity contribution is 7.18. The first-order chi connectivity index (χ1) is 9.38. The number of hydrogen-bond acceptors (Lipinski definition) is 4. The number of hydrogen-bond donors (Lipinski definition) is 2. The van der Waals surface area contributed by atoms with Gasteiger partial charge in [0.15, 0.2) is 0 Å². The van der Waals surface area contributed by atoms with E-state index in [1.54, 1.807) is 11.3 Å². The van der Waals surface area contributed by atoms with Crippen LogP contribution in [0.5, 0.6) is 0 Å². The van der Waals surface area contributed by atoms with Crippen molar-refractivity contribution in [3.05, 3.63) is 26.6 Å². The Hall–Kier alpha value is -1.20. The van der Waals surface area contributed by atoms with Gasteiger partial charge in [-0.25, -0.2) is 4.98 Å². The largest absolute Gasteiger partial charge is 0.309 e. The van der Waals surface area contributed by atoms with Crippen molar-refractivity contribution in [2.75, 3.05) is 0 Å². The fraction of sp³-hybridized carbons (Fsp3) is 0.600. The zero-order chi connectivity index (χ0) is 14.5. The number of aromatic nitrogens is 2. The van der Waals surface area contributed by atoms with E-state index in [0.29, 0.717) is 6.54 Å². The molecular weight excluding hydrogens is 270 g/mol. The second-order valence-corrected chi connectivity index (χ2v) is 7.53. The number of H-pyrrole nitrogens is 1. The fourth-order valence-corrected chi connectivity index (χ4v) is 3.69. The number of nitrogens with one attached hydrogen (secondary N) is 2. The summed E-state index contributed by atoms with van der Waals surface area (Å²) in [6, 6.07) is 0. The summed E-state index contributed by atoms with van der Waals surface area (Å²) in [5.41, 5.74) is 1.16. The predicted octanol–water partition coefficient (Wildman–Crippen LogP) is 2.88. The van der Waals surface area contributed by atoms with Gasteiger partial charge in [0, 0.05) is 10.4 Å². The minimum atomic E-state index is -0.0159. The third-order valence-electron chi connectivity index (χ3n) is 4.40. The molecule has 0 atom stereocenters. The lowest BCUT2D eigenvalue weighted by Crippen LogP contribution is -2.41. The van der Waals surface area contributed by atoms with Crippen LogP contribution >= 0.6 is 11.3 Å². The van der Waals surface area contributed by atoms with E-state index in [9.17, 15) is 4.79 Å². The topological polar surface area (TPSA) is 57.8 Å². The third kappa shape index (κ3) is 2.40. The zero-order valence-corrected chi connectivity index (χ0v) is 13.3. The van der Waals surface area contributed by atoms with Crippen LogP contribution in [0.2, 0.25) is 0 Å². The normalized spacial score (nSPS) is 16.0. The molecule has 0 saturated heterocycles. The molecule has 1 aliphatic carbocycles. The van der Waals surface area contributed by atoms with E-state index in [0.717, 1.165) is 27.5 Å². The van der Waals surface area contributed by atoms with Gasteiger partial charge in [0.05, 0.1) is 11.9 Å². The van der Waals surface area contributed by atoms with Crippen molar-refractivity contribution >= 4 is 21.6 Å². The first-order valence-corrected chi connectivity index (χ1v) is 7.94. The Morgan fingerprint density at radius 1 is 1.40 bits per heavy atom. The van der Waals surface area contributed by atoms with Gasteiger partial charge < -0.3 is 10.3 Å². The van der Waals surface area contributed by atoms with Crippen molar-refractivity contribution in [1.29, 1.82) is 0 Å². The Morgan fingerprint density at radius 3 is 2.75 bits per heavy atom. The van der Waals surface area contributed by atoms with Gasteiger partial charge in [-0.1, -0.05) is 0 Å². The molecule has 2 heterocycles. The van der Waals surface area contributed by atoms with E-state index in [1.165, 1.54) is 17.7 Å². The van der Waals surface area contributed by atoms with E-state index in [4.69, 9.17) is 0 Å². The van der Waals surface area contributed by atoms with Crippen LogP contribution in [-0.4, -0.2) is 15.5 Å². The lowest BCUT2D eigenvalue weighted by molar-refractivity contribution is 0.335. The first-order valence-electron chi connectivity index (χ1n) is 7.12. The summed E-state index contributed by atoms with van der Waals surface area (Å²) in [5.74, 6) is 1.49. The Kier molecular flexibility index (Phi) is 3.21. The van der Waals surface area contributed by atoms with E-state index in [2.05, 4.69) is 29.1 Å². The number of rotatable bonds is 4. The van der Waals surface area contributed by atoms with Crippen molar-refractivity contribution in [3.8, 4) is 0 Å². The quantitative estimate of drug-likeness (QED) is 0.910. The van der Waals surface area contributed by atoms with Crippen LogP contribution in [-0.2, 0) is 6.54 Å². The third-order valence-corrected chi connectivity index (χ3v) is 5.50. The summed E-state index contributed by atoms with van der Waals surface area (Å²) in [6.45, 7) is 9.08. The highest BCUT2D eigenvalue weighted by atomic mass is 32.1. The minimum Gasteiger partial charge on any atom is -0.309 e. The minimum absolute atomic E-state index is 0.0159. The molecule has 20 heavy (non-hydrogen) atoms. The second kappa shape index (κ2) is 4.67. The molecule has 4 nitrogen and oxygen atoms in total. The molecule has 0 spiro atoms. The molecule has 0 aromatic carbocycles. The Labute approximate surface area is 122 Å². The van der Waals surface area contributed by atoms with Crippen LogP contribution in [0, 0.1) is 19.8 Å². The SMILES string of the molecule is Cc1sc2nc(CNC(C)(C)C3CC3)[nH]c(=O)c2c1C. The number of aryl methyl sites for hydroxylation is 2. The molecular formula is C15H21N3OS. The molecule has 1 aliphatic rings. The monoisotopic (exact) mass is 291 g/mol. The molecule has 108 valence electrons. The summed E-state index contributed by atoms with van der Waals surface area (Å²) in [6.07, 6.45) is 2.60. The molecule has 1 fully saturated rings. The molecule has 0 amide bonds. The molecule has 0 aliphatic heterocycles. The maximum Gasteiger partial charge on any atom is 0.259 e. The van der Waals surface area contributed by atoms with Crippen LogP contribution in [0.25, 0.3) is 10.2 Å². The van der Waals surface area contributed by atoms with Crippen LogP contribution in [0.15, 0.2) is 4.79 Å². The summed E-state index contributed by atoms with van der Waals surface area (Å²) in [5, 5.41) is 4.27. The summed E-state index contributed by atoms with van der Waals surface area (Å²) >= 11 is 1.60. The van der Waals surface area contributed by atoms with Crippen LogP contribution in [0.1, 0.15) is 43.0 Å². The number of fused-ring (bicyclic) bond motifs is 1. The zero-order valence-electron chi connectivity index (χ0n) is 12.5. The molecule has 5 heteroatoms. The van der Waals surface area contributed by atoms with Crippen molar-refractivity contribution in [2.45, 2.75) is 52.6 Å². The predicted molar refractivity (Wildman–Crippen MR) is 83.4 cm³/mol. The molecule has 3 rings (SSSR count). The molecule has 2 aromatic rings. The van der Waals surface area contributed by atoms with Gasteiger partial charge in [-0.2, -0.15) is 0 Å². The lowest BCUT2D eigenvalue weighted by Gasteiger charge is -2.25. The highest BCUT2D eigenvalue weighted by Gasteiger charge is 2.37. The number of thiophene rings is 1. The van der Waals surface area contributed by atoms with Crippen molar-refractivity contribution in [1.82, 2.24) is 15.3 Å². The maximum atomic E-state index is 12.2. The van der Waals surface area contributed by atoms with Gasteiger partial charge in [-0.3, -0.25) is 4.79 Å². The summed E-state index contributed by atoms with van der Waals surface area (Å²) < 4.78 is 0. The number of aromatic amines is 1. The highest BCUT2D eigenvalue weighted by Crippen LogP contribution is 2.39. The average molecular weight is 291 g/mol. The molecule has 2 aromatic heterocycles. The first kappa shape index (κ1) is 13.8. The Morgan fingerprint density at radius 2 is 2.10 bits per heavy atom. The molecule has 0 unspecified atom stereocenters. The van der Waals surface area contributed by atoms with Crippen molar-refractivity contribution in [3.63, 3.8) is 0 Å². The summed E-state index contributed by atoms with van der Waals surface area (Å²) in [4.78, 5) is 21.7. The van der Waals surface area contributed by atoms with E-state index >= 15 is 0 Å². The van der Waals surface area contributed by atoms with E-state index < -0.39 is 0 Å². The summed E-state index contributed by atoms with van der Waals surface area (Å²) in [7, 11) is 0. The number of nitrogens with zero attached hydrogens (tertiary/aromatic N) is 1. The average Bonchev–Trinajstić information content (AvgIpc) is 3.16.